The van der Waals surface area contributed by atoms with E-state index in [2.05, 4.69) is 13.0 Å². The van der Waals surface area contributed by atoms with Crippen molar-refractivity contribution in [1.82, 2.24) is 0 Å². The Hall–Kier alpha value is -1.56. The second kappa shape index (κ2) is 8.51. The molecule has 1 atom stereocenters. The number of hydrogen-bond donors (Lipinski definition) is 0. The highest BCUT2D eigenvalue weighted by Crippen LogP contribution is 2.39. The molecular formula is C18H27NO4S. The van der Waals surface area contributed by atoms with Crippen LogP contribution < -0.4 is 4.90 Å². The number of unbranched alkanes of at least 4 members (excludes halogenated alkanes) is 2. The molecule has 0 saturated heterocycles. The Labute approximate surface area is 144 Å². The number of benzene rings is 1. The molecule has 0 saturated carbocycles. The van der Waals surface area contributed by atoms with Crippen molar-refractivity contribution in [3.05, 3.63) is 29.8 Å². The van der Waals surface area contributed by atoms with E-state index in [1.807, 2.05) is 18.2 Å². The molecule has 1 aliphatic heterocycles. The van der Waals surface area contributed by atoms with Gasteiger partial charge >= 0.3 is 6.09 Å². The summed E-state index contributed by atoms with van der Waals surface area (Å²) < 4.78 is 27.8. The van der Waals surface area contributed by atoms with E-state index in [4.69, 9.17) is 4.74 Å². The number of sulfone groups is 1. The molecule has 1 aromatic rings. The zero-order valence-electron chi connectivity index (χ0n) is 14.5. The molecule has 2 rings (SSSR count). The molecule has 0 radical (unpaired) electrons. The molecule has 6 heteroatoms. The van der Waals surface area contributed by atoms with Gasteiger partial charge in [-0.1, -0.05) is 38.0 Å². The van der Waals surface area contributed by atoms with E-state index < -0.39 is 9.84 Å². The maximum absolute atomic E-state index is 12.3. The summed E-state index contributed by atoms with van der Waals surface area (Å²) in [5, 5.41) is 0. The van der Waals surface area contributed by atoms with Crippen LogP contribution >= 0.6 is 0 Å². The van der Waals surface area contributed by atoms with Gasteiger partial charge in [0.25, 0.3) is 0 Å². The number of anilines is 1. The SMILES string of the molecule is CCCCOC(=O)N1CC(CCCCS(C)(=O)=O)c2ccccc21. The van der Waals surface area contributed by atoms with Gasteiger partial charge in [-0.3, -0.25) is 4.90 Å². The lowest BCUT2D eigenvalue weighted by Gasteiger charge is -2.17. The Balaban J connectivity index is 1.96. The van der Waals surface area contributed by atoms with Gasteiger partial charge in [0.1, 0.15) is 9.84 Å². The van der Waals surface area contributed by atoms with Gasteiger partial charge < -0.3 is 4.74 Å². The summed E-state index contributed by atoms with van der Waals surface area (Å²) in [7, 11) is -2.90. The van der Waals surface area contributed by atoms with E-state index >= 15 is 0 Å². The highest BCUT2D eigenvalue weighted by atomic mass is 32.2. The number of para-hydroxylation sites is 1. The number of carbonyl (C=O) groups is 1. The minimum Gasteiger partial charge on any atom is -0.449 e. The van der Waals surface area contributed by atoms with E-state index in [9.17, 15) is 13.2 Å². The van der Waals surface area contributed by atoms with Crippen LogP contribution in [0.5, 0.6) is 0 Å². The first kappa shape index (κ1) is 18.8. The summed E-state index contributed by atoms with van der Waals surface area (Å²) in [6.45, 7) is 3.13. The number of carbonyl (C=O) groups excluding carboxylic acids is 1. The van der Waals surface area contributed by atoms with Crippen LogP contribution in [0.15, 0.2) is 24.3 Å². The lowest BCUT2D eigenvalue weighted by Crippen LogP contribution is -2.30. The lowest BCUT2D eigenvalue weighted by atomic mass is 9.96. The standard InChI is InChI=1S/C18H27NO4S/c1-3-4-12-23-18(20)19-14-15(9-7-8-13-24(2,21)22)16-10-5-6-11-17(16)19/h5-6,10-11,15H,3-4,7-9,12-14H2,1-2H3. The summed E-state index contributed by atoms with van der Waals surface area (Å²) >= 11 is 0. The van der Waals surface area contributed by atoms with Gasteiger partial charge in [0, 0.05) is 24.5 Å². The topological polar surface area (TPSA) is 63.7 Å². The minimum absolute atomic E-state index is 0.226. The molecule has 24 heavy (non-hydrogen) atoms. The average Bonchev–Trinajstić information content (AvgIpc) is 2.90. The molecule has 0 spiro atoms. The first-order valence-corrected chi connectivity index (χ1v) is 10.7. The first-order valence-electron chi connectivity index (χ1n) is 8.63. The highest BCUT2D eigenvalue weighted by molar-refractivity contribution is 7.90. The second-order valence-electron chi connectivity index (χ2n) is 6.46. The van der Waals surface area contributed by atoms with Crippen LogP contribution in [-0.2, 0) is 14.6 Å². The normalized spacial score (nSPS) is 16.9. The molecule has 0 aliphatic carbocycles. The predicted molar refractivity (Wildman–Crippen MR) is 96.3 cm³/mol. The number of amides is 1. The minimum atomic E-state index is -2.90. The van der Waals surface area contributed by atoms with E-state index in [0.717, 1.165) is 36.9 Å². The van der Waals surface area contributed by atoms with Crippen LogP contribution in [0.1, 0.15) is 50.5 Å². The Morgan fingerprint density at radius 1 is 1.25 bits per heavy atom. The molecule has 1 aliphatic rings. The van der Waals surface area contributed by atoms with E-state index in [-0.39, 0.29) is 17.8 Å². The van der Waals surface area contributed by atoms with Gasteiger partial charge in [0.15, 0.2) is 0 Å². The van der Waals surface area contributed by atoms with Gasteiger partial charge in [-0.05, 0) is 30.9 Å². The van der Waals surface area contributed by atoms with Crippen molar-refractivity contribution in [2.75, 3.05) is 30.1 Å². The fourth-order valence-electron chi connectivity index (χ4n) is 3.05. The molecule has 0 bridgehead atoms. The van der Waals surface area contributed by atoms with Crippen molar-refractivity contribution in [3.8, 4) is 0 Å². The molecule has 1 amide bonds. The third-order valence-electron chi connectivity index (χ3n) is 4.33. The average molecular weight is 353 g/mol. The monoisotopic (exact) mass is 353 g/mol. The quantitative estimate of drug-likeness (QED) is 0.668. The van der Waals surface area contributed by atoms with Crippen molar-refractivity contribution < 1.29 is 17.9 Å². The van der Waals surface area contributed by atoms with Gasteiger partial charge in [-0.2, -0.15) is 0 Å². The fourth-order valence-corrected chi connectivity index (χ4v) is 3.78. The Bertz CT molecular complexity index is 657. The van der Waals surface area contributed by atoms with Gasteiger partial charge in [0.2, 0.25) is 0 Å². The fraction of sp³-hybridized carbons (Fsp3) is 0.611. The van der Waals surface area contributed by atoms with Crippen LogP contribution in [0.25, 0.3) is 0 Å². The molecule has 0 aromatic heterocycles. The zero-order chi connectivity index (χ0) is 17.6. The molecule has 1 heterocycles. The van der Waals surface area contributed by atoms with Crippen molar-refractivity contribution in [2.45, 2.75) is 44.9 Å². The molecule has 1 aromatic carbocycles. The zero-order valence-corrected chi connectivity index (χ0v) is 15.3. The molecule has 134 valence electrons. The smallest absolute Gasteiger partial charge is 0.414 e. The van der Waals surface area contributed by atoms with Crippen LogP contribution in [0.2, 0.25) is 0 Å². The molecule has 0 N–H and O–H groups in total. The highest BCUT2D eigenvalue weighted by Gasteiger charge is 2.32. The largest absolute Gasteiger partial charge is 0.449 e. The molecule has 1 unspecified atom stereocenters. The number of hydrogen-bond acceptors (Lipinski definition) is 4. The van der Waals surface area contributed by atoms with Crippen LogP contribution in [0.4, 0.5) is 10.5 Å². The Kier molecular flexibility index (Phi) is 6.66. The van der Waals surface area contributed by atoms with E-state index in [0.29, 0.717) is 19.6 Å². The summed E-state index contributed by atoms with van der Waals surface area (Å²) in [6.07, 6.45) is 5.23. The number of nitrogens with zero attached hydrogens (tertiary/aromatic N) is 1. The molecule has 0 fully saturated rings. The summed E-state index contributed by atoms with van der Waals surface area (Å²) in [4.78, 5) is 14.0. The van der Waals surface area contributed by atoms with Crippen LogP contribution in [-0.4, -0.2) is 39.7 Å². The van der Waals surface area contributed by atoms with E-state index in [1.165, 1.54) is 6.26 Å². The van der Waals surface area contributed by atoms with E-state index in [1.54, 1.807) is 4.90 Å². The number of fused-ring (bicyclic) bond motifs is 1. The summed E-state index contributed by atoms with van der Waals surface area (Å²) in [6, 6.07) is 7.91. The van der Waals surface area contributed by atoms with Crippen molar-refractivity contribution in [2.24, 2.45) is 0 Å². The van der Waals surface area contributed by atoms with Crippen molar-refractivity contribution >= 4 is 21.6 Å². The third-order valence-corrected chi connectivity index (χ3v) is 5.36. The predicted octanol–water partition coefficient (Wildman–Crippen LogP) is 3.74. The van der Waals surface area contributed by atoms with Gasteiger partial charge in [0.05, 0.1) is 12.3 Å². The summed E-state index contributed by atoms with van der Waals surface area (Å²) in [5.74, 6) is 0.476. The van der Waals surface area contributed by atoms with Gasteiger partial charge in [-0.15, -0.1) is 0 Å². The van der Waals surface area contributed by atoms with Crippen LogP contribution in [0, 0.1) is 0 Å². The molecule has 5 nitrogen and oxygen atoms in total. The Morgan fingerprint density at radius 2 is 2.00 bits per heavy atom. The Morgan fingerprint density at radius 3 is 2.71 bits per heavy atom. The second-order valence-corrected chi connectivity index (χ2v) is 8.72. The number of ether oxygens (including phenoxy) is 1. The third kappa shape index (κ3) is 5.23. The van der Waals surface area contributed by atoms with Crippen molar-refractivity contribution in [1.29, 1.82) is 0 Å². The maximum Gasteiger partial charge on any atom is 0.414 e. The van der Waals surface area contributed by atoms with Gasteiger partial charge in [-0.25, -0.2) is 13.2 Å². The number of rotatable bonds is 8. The van der Waals surface area contributed by atoms with Crippen molar-refractivity contribution in [3.63, 3.8) is 0 Å². The maximum atomic E-state index is 12.3. The van der Waals surface area contributed by atoms with Crippen LogP contribution in [0.3, 0.4) is 0 Å². The first-order chi connectivity index (χ1) is 11.4. The molecular weight excluding hydrogens is 326 g/mol. The lowest BCUT2D eigenvalue weighted by molar-refractivity contribution is 0.152. The summed E-state index contributed by atoms with van der Waals surface area (Å²) in [5.41, 5.74) is 2.08.